The zero-order valence-electron chi connectivity index (χ0n) is 21.1. The molecule has 0 bridgehead atoms. The second kappa shape index (κ2) is 9.55. The van der Waals surface area contributed by atoms with E-state index in [1.165, 1.54) is 13.0 Å². The predicted molar refractivity (Wildman–Crippen MR) is 133 cm³/mol. The molecule has 1 aliphatic carbocycles. The van der Waals surface area contributed by atoms with Gasteiger partial charge in [-0.2, -0.15) is 0 Å². The van der Waals surface area contributed by atoms with E-state index in [4.69, 9.17) is 11.5 Å². The maximum absolute atomic E-state index is 14.0. The van der Waals surface area contributed by atoms with E-state index in [1.807, 2.05) is 13.8 Å². The second-order valence-electron chi connectivity index (χ2n) is 10.7. The van der Waals surface area contributed by atoms with Crippen molar-refractivity contribution in [2.45, 2.75) is 76.4 Å². The van der Waals surface area contributed by atoms with Crippen molar-refractivity contribution in [1.29, 1.82) is 0 Å². The first-order valence-corrected chi connectivity index (χ1v) is 12.6. The standard InChI is InChI=1S/C26H35N5O5/c1-14(2)11-19(18-12-16(27)5-6-17(18)23(28)34)24(35)30-10-7-20-22(30)21(33)13-31(20)25(36)26(8-4-9-26)29-15(3)32/h5-6,12,14,19-20,22H,4,7-11,13,27H2,1-3H3,(H2,28,34)(H,29,32). The molecular formula is C26H35N5O5. The van der Waals surface area contributed by atoms with Gasteiger partial charge in [0, 0.05) is 24.7 Å². The summed E-state index contributed by atoms with van der Waals surface area (Å²) in [6.07, 6.45) is 2.82. The molecule has 4 amide bonds. The van der Waals surface area contributed by atoms with Gasteiger partial charge >= 0.3 is 0 Å². The fourth-order valence-corrected chi connectivity index (χ4v) is 6.00. The van der Waals surface area contributed by atoms with Crippen LogP contribution in [0.3, 0.4) is 0 Å². The number of benzene rings is 1. The van der Waals surface area contributed by atoms with Crippen LogP contribution in [0.5, 0.6) is 0 Å². The average Bonchev–Trinajstić information content (AvgIpc) is 3.34. The van der Waals surface area contributed by atoms with E-state index in [0.717, 1.165) is 6.42 Å². The van der Waals surface area contributed by atoms with Gasteiger partial charge in [0.15, 0.2) is 5.78 Å². The minimum absolute atomic E-state index is 0.0844. The highest BCUT2D eigenvalue weighted by molar-refractivity contribution is 6.02. The Hall–Kier alpha value is -3.43. The number of likely N-dealkylation sites (tertiary alicyclic amines) is 2. The van der Waals surface area contributed by atoms with Crippen molar-refractivity contribution in [2.24, 2.45) is 11.7 Å². The summed E-state index contributed by atoms with van der Waals surface area (Å²) in [4.78, 5) is 67.7. The number of carbonyl (C=O) groups excluding carboxylic acids is 5. The number of anilines is 1. The van der Waals surface area contributed by atoms with Crippen LogP contribution in [0.1, 0.15) is 74.7 Å². The Morgan fingerprint density at radius 3 is 2.42 bits per heavy atom. The molecule has 1 aromatic rings. The van der Waals surface area contributed by atoms with Crippen LogP contribution >= 0.6 is 0 Å². The molecule has 5 N–H and O–H groups in total. The molecule has 10 heteroatoms. The summed E-state index contributed by atoms with van der Waals surface area (Å²) in [6, 6.07) is 3.53. The van der Waals surface area contributed by atoms with Gasteiger partial charge in [-0.25, -0.2) is 0 Å². The summed E-state index contributed by atoms with van der Waals surface area (Å²) in [5.41, 5.74) is 11.7. The number of Topliss-reactive ketones (excluding diaryl/α,β-unsaturated/α-hetero) is 1. The molecule has 3 fully saturated rings. The van der Waals surface area contributed by atoms with Gasteiger partial charge in [0.25, 0.3) is 0 Å². The molecule has 1 saturated carbocycles. The van der Waals surface area contributed by atoms with Gasteiger partial charge < -0.3 is 26.6 Å². The van der Waals surface area contributed by atoms with Crippen molar-refractivity contribution in [3.8, 4) is 0 Å². The molecule has 2 saturated heterocycles. The van der Waals surface area contributed by atoms with Crippen LogP contribution in [0.15, 0.2) is 18.2 Å². The van der Waals surface area contributed by atoms with Crippen LogP contribution < -0.4 is 16.8 Å². The number of nitrogens with two attached hydrogens (primary N) is 2. The number of rotatable bonds is 7. The number of primary amides is 1. The lowest BCUT2D eigenvalue weighted by molar-refractivity contribution is -0.146. The smallest absolute Gasteiger partial charge is 0.249 e. The van der Waals surface area contributed by atoms with E-state index in [-0.39, 0.29) is 41.5 Å². The highest BCUT2D eigenvalue weighted by atomic mass is 16.2. The Morgan fingerprint density at radius 1 is 1.17 bits per heavy atom. The maximum Gasteiger partial charge on any atom is 0.249 e. The van der Waals surface area contributed by atoms with Crippen molar-refractivity contribution in [3.63, 3.8) is 0 Å². The Morgan fingerprint density at radius 2 is 1.86 bits per heavy atom. The lowest BCUT2D eigenvalue weighted by atomic mass is 9.75. The topological polar surface area (TPSA) is 156 Å². The van der Waals surface area contributed by atoms with Gasteiger partial charge in [0.1, 0.15) is 11.6 Å². The predicted octanol–water partition coefficient (Wildman–Crippen LogP) is 0.937. The number of nitrogens with one attached hydrogen (secondary N) is 1. The van der Waals surface area contributed by atoms with E-state index >= 15 is 0 Å². The number of carbonyl (C=O) groups is 5. The number of ketones is 1. The van der Waals surface area contributed by atoms with Crippen molar-refractivity contribution in [2.75, 3.05) is 18.8 Å². The average molecular weight is 498 g/mol. The van der Waals surface area contributed by atoms with Gasteiger partial charge in [0.2, 0.25) is 23.6 Å². The molecule has 2 heterocycles. The molecule has 194 valence electrons. The molecule has 2 aliphatic heterocycles. The molecule has 36 heavy (non-hydrogen) atoms. The highest BCUT2D eigenvalue weighted by Crippen LogP contribution is 2.40. The van der Waals surface area contributed by atoms with Crippen molar-refractivity contribution in [1.82, 2.24) is 15.1 Å². The molecule has 0 spiro atoms. The third-order valence-electron chi connectivity index (χ3n) is 7.72. The second-order valence-corrected chi connectivity index (χ2v) is 10.7. The lowest BCUT2D eigenvalue weighted by Crippen LogP contribution is -2.64. The van der Waals surface area contributed by atoms with Crippen molar-refractivity contribution in [3.05, 3.63) is 29.3 Å². The Balaban J connectivity index is 1.62. The number of amides is 4. The normalized spacial score (nSPS) is 23.3. The summed E-state index contributed by atoms with van der Waals surface area (Å²) in [6.45, 7) is 5.57. The fourth-order valence-electron chi connectivity index (χ4n) is 6.00. The fraction of sp³-hybridized carbons (Fsp3) is 0.577. The van der Waals surface area contributed by atoms with E-state index in [1.54, 1.807) is 21.9 Å². The highest BCUT2D eigenvalue weighted by Gasteiger charge is 2.57. The van der Waals surface area contributed by atoms with Crippen molar-refractivity contribution >= 4 is 35.1 Å². The van der Waals surface area contributed by atoms with E-state index in [2.05, 4.69) is 5.32 Å². The molecule has 4 rings (SSSR count). The molecule has 3 aliphatic rings. The van der Waals surface area contributed by atoms with Crippen molar-refractivity contribution < 1.29 is 24.0 Å². The third kappa shape index (κ3) is 4.44. The minimum Gasteiger partial charge on any atom is -0.399 e. The summed E-state index contributed by atoms with van der Waals surface area (Å²) in [7, 11) is 0. The van der Waals surface area contributed by atoms with Gasteiger partial charge in [0.05, 0.1) is 18.5 Å². The van der Waals surface area contributed by atoms with Gasteiger partial charge in [-0.15, -0.1) is 0 Å². The molecule has 0 aromatic heterocycles. The Kier molecular flexibility index (Phi) is 6.81. The molecule has 10 nitrogen and oxygen atoms in total. The quantitative estimate of drug-likeness (QED) is 0.476. The first kappa shape index (κ1) is 25.7. The number of nitrogens with zero attached hydrogens (tertiary/aromatic N) is 2. The number of fused-ring (bicyclic) bond motifs is 1. The molecule has 3 unspecified atom stereocenters. The largest absolute Gasteiger partial charge is 0.399 e. The summed E-state index contributed by atoms with van der Waals surface area (Å²) in [5.74, 6) is -2.22. The van der Waals surface area contributed by atoms with Gasteiger partial charge in [-0.1, -0.05) is 13.8 Å². The SMILES string of the molecule is CC(=O)NC1(C(=O)N2CC(=O)C3C2CCN3C(=O)C(CC(C)C)c2cc(N)ccc2C(N)=O)CCC1. The first-order valence-electron chi connectivity index (χ1n) is 12.6. The first-order chi connectivity index (χ1) is 16.9. The maximum atomic E-state index is 14.0. The Labute approximate surface area is 210 Å². The molecule has 0 radical (unpaired) electrons. The lowest BCUT2D eigenvalue weighted by Gasteiger charge is -2.43. The van der Waals surface area contributed by atoms with Crippen LogP contribution in [0.4, 0.5) is 5.69 Å². The van der Waals surface area contributed by atoms with Gasteiger partial charge in [-0.05, 0) is 61.8 Å². The number of hydrogen-bond donors (Lipinski definition) is 3. The van der Waals surface area contributed by atoms with Crippen LogP contribution in [-0.4, -0.2) is 69.9 Å². The van der Waals surface area contributed by atoms with Crippen LogP contribution in [-0.2, 0) is 19.2 Å². The van der Waals surface area contributed by atoms with Gasteiger partial charge in [-0.3, -0.25) is 24.0 Å². The van der Waals surface area contributed by atoms with Crippen LogP contribution in [0.25, 0.3) is 0 Å². The molecule has 3 atom stereocenters. The monoisotopic (exact) mass is 497 g/mol. The third-order valence-corrected chi connectivity index (χ3v) is 7.72. The summed E-state index contributed by atoms with van der Waals surface area (Å²) in [5, 5.41) is 2.80. The van der Waals surface area contributed by atoms with Crippen LogP contribution in [0, 0.1) is 5.92 Å². The zero-order chi connectivity index (χ0) is 26.4. The van der Waals surface area contributed by atoms with Crippen LogP contribution in [0.2, 0.25) is 0 Å². The van der Waals surface area contributed by atoms with E-state index < -0.39 is 29.4 Å². The van der Waals surface area contributed by atoms with E-state index in [0.29, 0.717) is 43.5 Å². The zero-order valence-corrected chi connectivity index (χ0v) is 21.1. The number of nitrogen functional groups attached to an aromatic ring is 1. The minimum atomic E-state index is -0.962. The molecule has 1 aromatic carbocycles. The molecular weight excluding hydrogens is 462 g/mol. The Bertz CT molecular complexity index is 1110. The summed E-state index contributed by atoms with van der Waals surface area (Å²) >= 11 is 0. The number of hydrogen-bond acceptors (Lipinski definition) is 6. The summed E-state index contributed by atoms with van der Waals surface area (Å²) < 4.78 is 0. The van der Waals surface area contributed by atoms with E-state index in [9.17, 15) is 24.0 Å².